The molecule has 0 aliphatic carbocycles. The van der Waals surface area contributed by atoms with Crippen molar-refractivity contribution in [3.63, 3.8) is 0 Å². The minimum Gasteiger partial charge on any atom is -0.488 e. The van der Waals surface area contributed by atoms with Crippen molar-refractivity contribution in [2.24, 2.45) is 5.10 Å². The zero-order valence-corrected chi connectivity index (χ0v) is 25.1. The Kier molecular flexibility index (Phi) is 9.83. The third-order valence-electron chi connectivity index (χ3n) is 6.90. The summed E-state index contributed by atoms with van der Waals surface area (Å²) < 4.78 is 17.3. The van der Waals surface area contributed by atoms with E-state index >= 15 is 0 Å². The lowest BCUT2D eigenvalue weighted by Crippen LogP contribution is -2.45. The predicted octanol–water partition coefficient (Wildman–Crippen LogP) is 5.30. The number of fused-ring (bicyclic) bond motifs is 1. The second kappa shape index (κ2) is 14.3. The highest BCUT2D eigenvalue weighted by Crippen LogP contribution is 2.33. The van der Waals surface area contributed by atoms with Gasteiger partial charge in [-0.1, -0.05) is 78.9 Å². The first-order valence-corrected chi connectivity index (χ1v) is 14.5. The summed E-state index contributed by atoms with van der Waals surface area (Å²) in [6, 6.07) is 28.2. The maximum absolute atomic E-state index is 12.8. The number of hydrogen-bond donors (Lipinski definition) is 3. The molecule has 1 aliphatic heterocycles. The van der Waals surface area contributed by atoms with E-state index in [2.05, 4.69) is 21.2 Å². The van der Waals surface area contributed by atoms with Gasteiger partial charge in [0.25, 0.3) is 5.91 Å². The lowest BCUT2D eigenvalue weighted by Gasteiger charge is -2.30. The van der Waals surface area contributed by atoms with E-state index in [0.717, 1.165) is 21.9 Å². The zero-order valence-electron chi connectivity index (χ0n) is 24.3. The van der Waals surface area contributed by atoms with Crippen molar-refractivity contribution in [1.29, 1.82) is 0 Å². The molecule has 0 saturated heterocycles. The van der Waals surface area contributed by atoms with Crippen LogP contribution in [-0.4, -0.2) is 36.4 Å². The summed E-state index contributed by atoms with van der Waals surface area (Å²) in [7, 11) is 0. The summed E-state index contributed by atoms with van der Waals surface area (Å²) in [5.74, 6) is 0.118. The van der Waals surface area contributed by atoms with E-state index in [4.69, 9.17) is 26.4 Å². The van der Waals surface area contributed by atoms with Crippen molar-refractivity contribution < 1.29 is 23.8 Å². The number of carbonyl (C=O) groups is 2. The Morgan fingerprint density at radius 2 is 1.68 bits per heavy atom. The number of esters is 1. The second-order valence-electron chi connectivity index (χ2n) is 9.88. The van der Waals surface area contributed by atoms with Crippen LogP contribution >= 0.6 is 12.2 Å². The van der Waals surface area contributed by atoms with Gasteiger partial charge in [0, 0.05) is 16.8 Å². The molecule has 224 valence electrons. The number of nitrogens with zero attached hydrogens (tertiary/aromatic N) is 1. The maximum atomic E-state index is 12.8. The highest BCUT2D eigenvalue weighted by Gasteiger charge is 2.32. The summed E-state index contributed by atoms with van der Waals surface area (Å²) >= 11 is 5.34. The first-order valence-electron chi connectivity index (χ1n) is 14.1. The van der Waals surface area contributed by atoms with E-state index < -0.39 is 17.9 Å². The van der Waals surface area contributed by atoms with Crippen molar-refractivity contribution in [3.8, 4) is 11.5 Å². The third-order valence-corrected chi connectivity index (χ3v) is 7.12. The number of amides is 1. The van der Waals surface area contributed by atoms with E-state index in [9.17, 15) is 9.59 Å². The standard InChI is InChI=1S/C34H32N4O5S/c1-3-41-33(40)31-22(2)36-34(44)37-32(31)26-15-9-10-16-28(26)43-21-30(39)38-35-19-27-25-14-8-7-13-24(25)17-18-29(27)42-20-23-11-5-4-6-12-23/h4-19,32H,3,20-21H2,1-2H3,(H,38,39)(H2,36,37,44)/t32-/m1/s1. The number of para-hydroxylation sites is 1. The number of hydrazone groups is 1. The number of thiocarbonyl (C=S) groups is 1. The third kappa shape index (κ3) is 7.22. The molecular weight excluding hydrogens is 576 g/mol. The van der Waals surface area contributed by atoms with Crippen LogP contribution in [0.3, 0.4) is 0 Å². The van der Waals surface area contributed by atoms with Crippen LogP contribution in [-0.2, 0) is 20.9 Å². The molecule has 0 spiro atoms. The number of nitrogens with one attached hydrogen (secondary N) is 3. The molecule has 0 radical (unpaired) electrons. The molecule has 0 aromatic heterocycles. The Labute approximate surface area is 260 Å². The minimum atomic E-state index is -0.624. The first-order chi connectivity index (χ1) is 21.4. The Morgan fingerprint density at radius 3 is 2.50 bits per heavy atom. The summed E-state index contributed by atoms with van der Waals surface area (Å²) in [6.45, 7) is 3.81. The molecule has 4 aromatic rings. The lowest BCUT2D eigenvalue weighted by atomic mass is 9.95. The molecule has 1 amide bonds. The van der Waals surface area contributed by atoms with Crippen LogP contribution in [0.25, 0.3) is 10.8 Å². The topological polar surface area (TPSA) is 110 Å². The molecule has 4 aromatic carbocycles. The van der Waals surface area contributed by atoms with Crippen LogP contribution in [0.15, 0.2) is 107 Å². The molecule has 0 bridgehead atoms. The van der Waals surface area contributed by atoms with Gasteiger partial charge in [0.05, 0.1) is 24.4 Å². The fourth-order valence-electron chi connectivity index (χ4n) is 4.87. The van der Waals surface area contributed by atoms with Gasteiger partial charge in [-0.05, 0) is 54.5 Å². The number of benzene rings is 4. The van der Waals surface area contributed by atoms with Gasteiger partial charge in [0.2, 0.25) is 0 Å². The van der Waals surface area contributed by atoms with Crippen molar-refractivity contribution in [1.82, 2.24) is 16.1 Å². The van der Waals surface area contributed by atoms with Gasteiger partial charge >= 0.3 is 5.97 Å². The van der Waals surface area contributed by atoms with Gasteiger partial charge in [-0.25, -0.2) is 10.2 Å². The molecule has 0 unspecified atom stereocenters. The van der Waals surface area contributed by atoms with Crippen LogP contribution in [0.1, 0.15) is 36.6 Å². The summed E-state index contributed by atoms with van der Waals surface area (Å²) in [6.07, 6.45) is 1.58. The predicted molar refractivity (Wildman–Crippen MR) is 173 cm³/mol. The van der Waals surface area contributed by atoms with Gasteiger partial charge in [-0.15, -0.1) is 0 Å². The molecule has 0 fully saturated rings. The second-order valence-corrected chi connectivity index (χ2v) is 10.3. The van der Waals surface area contributed by atoms with Gasteiger partial charge in [-0.2, -0.15) is 5.10 Å². The molecule has 10 heteroatoms. The monoisotopic (exact) mass is 608 g/mol. The number of rotatable bonds is 11. The Balaban J connectivity index is 1.29. The fourth-order valence-corrected chi connectivity index (χ4v) is 5.14. The van der Waals surface area contributed by atoms with E-state index in [0.29, 0.717) is 40.1 Å². The number of carbonyl (C=O) groups excluding carboxylic acids is 2. The fraction of sp³-hybridized carbons (Fsp3) is 0.176. The molecule has 1 atom stereocenters. The van der Waals surface area contributed by atoms with Crippen LogP contribution < -0.4 is 25.5 Å². The average molecular weight is 609 g/mol. The van der Waals surface area contributed by atoms with Crippen molar-refractivity contribution in [3.05, 3.63) is 119 Å². The lowest BCUT2D eigenvalue weighted by molar-refractivity contribution is -0.139. The maximum Gasteiger partial charge on any atom is 0.338 e. The molecule has 44 heavy (non-hydrogen) atoms. The molecule has 1 heterocycles. The van der Waals surface area contributed by atoms with Crippen molar-refractivity contribution in [2.45, 2.75) is 26.5 Å². The van der Waals surface area contributed by atoms with Crippen LogP contribution in [0, 0.1) is 0 Å². The molecule has 5 rings (SSSR count). The summed E-state index contributed by atoms with van der Waals surface area (Å²) in [5.41, 5.74) is 5.92. The van der Waals surface area contributed by atoms with Gasteiger partial charge in [0.15, 0.2) is 11.7 Å². The Morgan fingerprint density at radius 1 is 0.932 bits per heavy atom. The zero-order chi connectivity index (χ0) is 30.9. The van der Waals surface area contributed by atoms with Gasteiger partial charge < -0.3 is 24.8 Å². The largest absolute Gasteiger partial charge is 0.488 e. The van der Waals surface area contributed by atoms with E-state index in [-0.39, 0.29) is 13.2 Å². The van der Waals surface area contributed by atoms with Gasteiger partial charge in [0.1, 0.15) is 18.1 Å². The van der Waals surface area contributed by atoms with Crippen LogP contribution in [0.5, 0.6) is 11.5 Å². The Bertz CT molecular complexity index is 1740. The van der Waals surface area contributed by atoms with Crippen LogP contribution in [0.4, 0.5) is 0 Å². The van der Waals surface area contributed by atoms with E-state index in [1.807, 2.05) is 72.8 Å². The molecular formula is C34H32N4O5S. The van der Waals surface area contributed by atoms with E-state index in [1.54, 1.807) is 38.3 Å². The van der Waals surface area contributed by atoms with Crippen LogP contribution in [0.2, 0.25) is 0 Å². The number of ether oxygens (including phenoxy) is 3. The smallest absolute Gasteiger partial charge is 0.338 e. The normalized spacial score (nSPS) is 14.6. The quantitative estimate of drug-likeness (QED) is 0.0911. The van der Waals surface area contributed by atoms with Gasteiger partial charge in [-0.3, -0.25) is 4.79 Å². The molecule has 3 N–H and O–H groups in total. The number of allylic oxidation sites excluding steroid dienone is 1. The Hall–Kier alpha value is -5.22. The van der Waals surface area contributed by atoms with E-state index in [1.165, 1.54) is 0 Å². The molecule has 0 saturated carbocycles. The highest BCUT2D eigenvalue weighted by molar-refractivity contribution is 7.80. The summed E-state index contributed by atoms with van der Waals surface area (Å²) in [4.78, 5) is 25.6. The highest BCUT2D eigenvalue weighted by atomic mass is 32.1. The SMILES string of the molecule is CCOC(=O)C1=C(C)NC(=S)N[C@@H]1c1ccccc1OCC(=O)NN=Cc1c(OCc2ccccc2)ccc2ccccc12. The van der Waals surface area contributed by atoms with Crippen molar-refractivity contribution >= 4 is 46.2 Å². The minimum absolute atomic E-state index is 0.227. The molecule has 1 aliphatic rings. The first kappa shape index (κ1) is 30.2. The van der Waals surface area contributed by atoms with Crippen molar-refractivity contribution in [2.75, 3.05) is 13.2 Å². The molecule has 9 nitrogen and oxygen atoms in total. The number of hydrogen-bond acceptors (Lipinski definition) is 7. The average Bonchev–Trinajstić information content (AvgIpc) is 3.03. The summed E-state index contributed by atoms with van der Waals surface area (Å²) in [5, 5.41) is 12.6.